The van der Waals surface area contributed by atoms with Crippen LogP contribution in [0.15, 0.2) is 36.5 Å². The van der Waals surface area contributed by atoms with Crippen molar-refractivity contribution in [1.29, 1.82) is 0 Å². The Hall–Kier alpha value is -2.64. The van der Waals surface area contributed by atoms with Crippen molar-refractivity contribution in [3.8, 4) is 0 Å². The van der Waals surface area contributed by atoms with Crippen molar-refractivity contribution in [3.05, 3.63) is 52.7 Å². The van der Waals surface area contributed by atoms with Gasteiger partial charge in [0, 0.05) is 31.5 Å². The summed E-state index contributed by atoms with van der Waals surface area (Å²) >= 11 is 5.84. The van der Waals surface area contributed by atoms with E-state index in [0.717, 1.165) is 38.0 Å². The SMILES string of the molecule is CN1CCc2ccc(NC(=O)[C@H]3CCCN3C(=O)Nc3ccc(Cl)cn3)cc2CC1. The molecule has 2 aliphatic heterocycles. The molecule has 0 bridgehead atoms. The van der Waals surface area contributed by atoms with E-state index in [2.05, 4.69) is 39.7 Å². The summed E-state index contributed by atoms with van der Waals surface area (Å²) in [4.78, 5) is 33.6. The van der Waals surface area contributed by atoms with Gasteiger partial charge in [-0.05, 0) is 68.1 Å². The predicted molar refractivity (Wildman–Crippen MR) is 118 cm³/mol. The smallest absolute Gasteiger partial charge is 0.323 e. The zero-order valence-electron chi connectivity index (χ0n) is 17.0. The zero-order chi connectivity index (χ0) is 21.1. The summed E-state index contributed by atoms with van der Waals surface area (Å²) in [6.45, 7) is 2.60. The molecule has 0 aliphatic carbocycles. The van der Waals surface area contributed by atoms with E-state index in [9.17, 15) is 9.59 Å². The maximum Gasteiger partial charge on any atom is 0.323 e. The Morgan fingerprint density at radius 3 is 2.63 bits per heavy atom. The third-order valence-corrected chi connectivity index (χ3v) is 6.00. The average molecular weight is 428 g/mol. The summed E-state index contributed by atoms with van der Waals surface area (Å²) in [7, 11) is 2.13. The molecule has 8 heteroatoms. The highest BCUT2D eigenvalue weighted by Gasteiger charge is 2.34. The number of carbonyl (C=O) groups is 2. The number of carbonyl (C=O) groups excluding carboxylic acids is 2. The molecule has 0 unspecified atom stereocenters. The Bertz CT molecular complexity index is 934. The number of aromatic nitrogens is 1. The molecule has 1 saturated heterocycles. The maximum absolute atomic E-state index is 12.9. The number of fused-ring (bicyclic) bond motifs is 1. The number of benzene rings is 1. The number of likely N-dealkylation sites (tertiary alicyclic amines) is 1. The number of rotatable bonds is 3. The standard InChI is InChI=1S/C22H26ClN5O2/c1-27-11-8-15-4-6-18(13-16(15)9-12-27)25-21(29)19-3-2-10-28(19)22(30)26-20-7-5-17(23)14-24-20/h4-7,13-14,19H,2-3,8-12H2,1H3,(H,25,29)(H,24,26,30)/t19-/m1/s1. The van der Waals surface area contributed by atoms with Gasteiger partial charge < -0.3 is 15.1 Å². The Labute approximate surface area is 181 Å². The first kappa shape index (κ1) is 20.6. The molecule has 4 rings (SSSR count). The van der Waals surface area contributed by atoms with Crippen LogP contribution in [0.3, 0.4) is 0 Å². The molecule has 30 heavy (non-hydrogen) atoms. The van der Waals surface area contributed by atoms with Crippen LogP contribution in [0.1, 0.15) is 24.0 Å². The maximum atomic E-state index is 12.9. The normalized spacial score (nSPS) is 19.1. The summed E-state index contributed by atoms with van der Waals surface area (Å²) < 4.78 is 0. The molecular formula is C22H26ClN5O2. The number of hydrogen-bond acceptors (Lipinski definition) is 4. The fraction of sp³-hybridized carbons (Fsp3) is 0.409. The van der Waals surface area contributed by atoms with Gasteiger partial charge in [-0.25, -0.2) is 9.78 Å². The second-order valence-corrected chi connectivity index (χ2v) is 8.36. The number of halogens is 1. The molecule has 7 nitrogen and oxygen atoms in total. The largest absolute Gasteiger partial charge is 0.324 e. The molecule has 2 aromatic rings. The highest BCUT2D eigenvalue weighted by atomic mass is 35.5. The van der Waals surface area contributed by atoms with Crippen molar-refractivity contribution >= 4 is 35.0 Å². The van der Waals surface area contributed by atoms with E-state index in [1.807, 2.05) is 6.07 Å². The minimum atomic E-state index is -0.498. The molecule has 0 saturated carbocycles. The molecule has 0 spiro atoms. The van der Waals surface area contributed by atoms with Gasteiger partial charge in [0.2, 0.25) is 5.91 Å². The molecule has 0 radical (unpaired) electrons. The third-order valence-electron chi connectivity index (χ3n) is 5.78. The van der Waals surface area contributed by atoms with Crippen LogP contribution in [-0.4, -0.2) is 59.4 Å². The van der Waals surface area contributed by atoms with Gasteiger partial charge in [-0.15, -0.1) is 0 Å². The number of urea groups is 1. The van der Waals surface area contributed by atoms with Crippen LogP contribution in [0.2, 0.25) is 5.02 Å². The van der Waals surface area contributed by atoms with E-state index in [-0.39, 0.29) is 11.9 Å². The fourth-order valence-electron chi connectivity index (χ4n) is 4.05. The average Bonchev–Trinajstić information content (AvgIpc) is 3.16. The van der Waals surface area contributed by atoms with Crippen molar-refractivity contribution in [2.45, 2.75) is 31.7 Å². The minimum Gasteiger partial charge on any atom is -0.324 e. The van der Waals surface area contributed by atoms with Gasteiger partial charge in [0.25, 0.3) is 0 Å². The van der Waals surface area contributed by atoms with Gasteiger partial charge in [0.15, 0.2) is 0 Å². The highest BCUT2D eigenvalue weighted by Crippen LogP contribution is 2.23. The van der Waals surface area contributed by atoms with Crippen LogP contribution in [0.25, 0.3) is 0 Å². The molecule has 1 aromatic heterocycles. The monoisotopic (exact) mass is 427 g/mol. The number of likely N-dealkylation sites (N-methyl/N-ethyl adjacent to an activating group) is 1. The van der Waals surface area contributed by atoms with Crippen LogP contribution in [0, 0.1) is 0 Å². The Balaban J connectivity index is 1.41. The minimum absolute atomic E-state index is 0.155. The Kier molecular flexibility index (Phi) is 6.20. The lowest BCUT2D eigenvalue weighted by atomic mass is 10.0. The molecule has 1 fully saturated rings. The Morgan fingerprint density at radius 1 is 1.07 bits per heavy atom. The van der Waals surface area contributed by atoms with Crippen molar-refractivity contribution in [1.82, 2.24) is 14.8 Å². The summed E-state index contributed by atoms with van der Waals surface area (Å²) in [6.07, 6.45) is 4.90. The molecule has 1 atom stereocenters. The van der Waals surface area contributed by atoms with Crippen molar-refractivity contribution < 1.29 is 9.59 Å². The second kappa shape index (κ2) is 9.02. The molecule has 2 N–H and O–H groups in total. The van der Waals surface area contributed by atoms with E-state index < -0.39 is 6.04 Å². The van der Waals surface area contributed by atoms with Crippen molar-refractivity contribution in [2.75, 3.05) is 37.3 Å². The van der Waals surface area contributed by atoms with E-state index in [0.29, 0.717) is 23.8 Å². The zero-order valence-corrected chi connectivity index (χ0v) is 17.8. The summed E-state index contributed by atoms with van der Waals surface area (Å²) in [5, 5.41) is 6.26. The number of nitrogens with zero attached hydrogens (tertiary/aromatic N) is 3. The van der Waals surface area contributed by atoms with Crippen molar-refractivity contribution in [3.63, 3.8) is 0 Å². The molecule has 1 aromatic carbocycles. The quantitative estimate of drug-likeness (QED) is 0.787. The first-order valence-electron chi connectivity index (χ1n) is 10.3. The van der Waals surface area contributed by atoms with Crippen LogP contribution in [-0.2, 0) is 17.6 Å². The lowest BCUT2D eigenvalue weighted by molar-refractivity contribution is -0.119. The van der Waals surface area contributed by atoms with E-state index in [1.165, 1.54) is 17.3 Å². The predicted octanol–water partition coefficient (Wildman–Crippen LogP) is 3.40. The summed E-state index contributed by atoms with van der Waals surface area (Å²) in [5.41, 5.74) is 3.41. The first-order chi connectivity index (χ1) is 14.5. The summed E-state index contributed by atoms with van der Waals surface area (Å²) in [5.74, 6) is 0.253. The Morgan fingerprint density at radius 2 is 1.87 bits per heavy atom. The van der Waals surface area contributed by atoms with E-state index in [4.69, 9.17) is 11.6 Å². The van der Waals surface area contributed by atoms with Gasteiger partial charge in [0.1, 0.15) is 11.9 Å². The molecule has 3 amide bonds. The van der Waals surface area contributed by atoms with Crippen molar-refractivity contribution in [2.24, 2.45) is 0 Å². The number of pyridine rings is 1. The molecule has 3 heterocycles. The topological polar surface area (TPSA) is 77.6 Å². The second-order valence-electron chi connectivity index (χ2n) is 7.92. The fourth-order valence-corrected chi connectivity index (χ4v) is 4.17. The number of amides is 3. The van der Waals surface area contributed by atoms with Crippen LogP contribution >= 0.6 is 11.6 Å². The highest BCUT2D eigenvalue weighted by molar-refractivity contribution is 6.30. The number of hydrogen-bond donors (Lipinski definition) is 2. The van der Waals surface area contributed by atoms with Crippen LogP contribution < -0.4 is 10.6 Å². The van der Waals surface area contributed by atoms with Crippen LogP contribution in [0.5, 0.6) is 0 Å². The van der Waals surface area contributed by atoms with Crippen LogP contribution in [0.4, 0.5) is 16.3 Å². The molecule has 2 aliphatic rings. The summed E-state index contributed by atoms with van der Waals surface area (Å²) in [6, 6.07) is 8.61. The van der Waals surface area contributed by atoms with Gasteiger partial charge >= 0.3 is 6.03 Å². The third kappa shape index (κ3) is 4.74. The van der Waals surface area contributed by atoms with Gasteiger partial charge in [-0.3, -0.25) is 10.1 Å². The van der Waals surface area contributed by atoms with Gasteiger partial charge in [-0.1, -0.05) is 17.7 Å². The first-order valence-corrected chi connectivity index (χ1v) is 10.7. The lowest BCUT2D eigenvalue weighted by Crippen LogP contribution is -2.45. The molecule has 158 valence electrons. The van der Waals surface area contributed by atoms with E-state index in [1.54, 1.807) is 17.0 Å². The van der Waals surface area contributed by atoms with Gasteiger partial charge in [-0.2, -0.15) is 0 Å². The number of anilines is 2. The number of nitrogens with one attached hydrogen (secondary N) is 2. The van der Waals surface area contributed by atoms with Gasteiger partial charge in [0.05, 0.1) is 5.02 Å². The molecular weight excluding hydrogens is 402 g/mol. The van der Waals surface area contributed by atoms with E-state index >= 15 is 0 Å². The lowest BCUT2D eigenvalue weighted by Gasteiger charge is -2.24.